The molecule has 0 aliphatic carbocycles. The molecule has 0 spiro atoms. The van der Waals surface area contributed by atoms with E-state index in [2.05, 4.69) is 31.0 Å². The summed E-state index contributed by atoms with van der Waals surface area (Å²) in [5.41, 5.74) is 0.922. The maximum Gasteiger partial charge on any atom is 0.372 e. The topological polar surface area (TPSA) is 51.1 Å². The van der Waals surface area contributed by atoms with Crippen molar-refractivity contribution in [3.05, 3.63) is 29.3 Å². The lowest BCUT2D eigenvalue weighted by Crippen LogP contribution is -2.43. The minimum absolute atomic E-state index is 0.178. The number of hydrogen-bond donors (Lipinski definition) is 0. The second kappa shape index (κ2) is 7.61. The summed E-state index contributed by atoms with van der Waals surface area (Å²) in [5.74, 6) is 0.336. The Morgan fingerprint density at radius 2 is 2.05 bits per heavy atom. The van der Waals surface area contributed by atoms with E-state index < -0.39 is 5.97 Å². The highest BCUT2D eigenvalue weighted by Gasteiger charge is 2.26. The molecule has 0 amide bonds. The maximum absolute atomic E-state index is 11.7. The summed E-state index contributed by atoms with van der Waals surface area (Å²) < 4.78 is 5.32. The van der Waals surface area contributed by atoms with Crippen LogP contribution in [0.15, 0.2) is 29.4 Å². The highest BCUT2D eigenvalue weighted by Crippen LogP contribution is 2.18. The summed E-state index contributed by atoms with van der Waals surface area (Å²) >= 11 is 5.78. The Morgan fingerprint density at radius 3 is 2.73 bits per heavy atom. The fourth-order valence-electron chi connectivity index (χ4n) is 2.31. The zero-order valence-corrected chi connectivity index (χ0v) is 13.8. The molecule has 1 aromatic carbocycles. The lowest BCUT2D eigenvalue weighted by Gasteiger charge is -2.34. The molecule has 1 aliphatic rings. The quantitative estimate of drug-likeness (QED) is 0.631. The third kappa shape index (κ3) is 4.71. The number of halogens is 1. The van der Waals surface area contributed by atoms with E-state index >= 15 is 0 Å². The van der Waals surface area contributed by atoms with Gasteiger partial charge in [-0.2, -0.15) is 0 Å². The van der Waals surface area contributed by atoms with Crippen LogP contribution in [0.25, 0.3) is 0 Å². The van der Waals surface area contributed by atoms with Gasteiger partial charge in [-0.1, -0.05) is 23.7 Å². The molecule has 0 saturated carbocycles. The van der Waals surface area contributed by atoms with Crippen LogP contribution in [-0.4, -0.2) is 42.8 Å². The predicted octanol–water partition coefficient (Wildman–Crippen LogP) is 2.98. The molecule has 0 radical (unpaired) electrons. The van der Waals surface area contributed by atoms with E-state index in [-0.39, 0.29) is 12.5 Å². The monoisotopic (exact) mass is 324 g/mol. The molecule has 0 unspecified atom stereocenters. The Balaban J connectivity index is 1.81. The normalized spacial score (nSPS) is 24.3. The molecule has 1 fully saturated rings. The fourth-order valence-corrected chi connectivity index (χ4v) is 2.44. The molecule has 2 rings (SSSR count). The van der Waals surface area contributed by atoms with Crippen LogP contribution in [0, 0.1) is 5.92 Å². The largest absolute Gasteiger partial charge is 0.482 e. The molecule has 1 saturated heterocycles. The number of nitrogens with zero attached hydrogens (tertiary/aromatic N) is 2. The van der Waals surface area contributed by atoms with Crippen molar-refractivity contribution >= 4 is 23.3 Å². The third-order valence-corrected chi connectivity index (χ3v) is 4.07. The molecule has 1 heterocycles. The number of benzene rings is 1. The smallest absolute Gasteiger partial charge is 0.372 e. The van der Waals surface area contributed by atoms with Crippen molar-refractivity contribution < 1.29 is 14.4 Å². The van der Waals surface area contributed by atoms with Gasteiger partial charge in [0.15, 0.2) is 6.61 Å². The minimum Gasteiger partial charge on any atom is -0.482 e. The van der Waals surface area contributed by atoms with Crippen molar-refractivity contribution in [2.24, 2.45) is 11.1 Å². The number of carbonyl (C=O) groups excluding carboxylic acids is 1. The van der Waals surface area contributed by atoms with Crippen molar-refractivity contribution in [2.45, 2.75) is 26.3 Å². The van der Waals surface area contributed by atoms with Crippen LogP contribution in [0.1, 0.15) is 20.3 Å². The standard InChI is InChI=1S/C16H21ClN2O3/c1-11-9-19(3)12(2)8-15(11)18-22-16(20)10-21-14-6-4-13(17)5-7-14/h4-7,11-12H,8-10H2,1-3H3/b18-15+/t11-,12-/m1/s1. The Hall–Kier alpha value is -1.59. The average molecular weight is 325 g/mol. The van der Waals surface area contributed by atoms with Crippen LogP contribution in [-0.2, 0) is 9.63 Å². The fraction of sp³-hybridized carbons (Fsp3) is 0.500. The maximum atomic E-state index is 11.7. The van der Waals surface area contributed by atoms with Crippen molar-refractivity contribution in [3.63, 3.8) is 0 Å². The predicted molar refractivity (Wildman–Crippen MR) is 86.3 cm³/mol. The van der Waals surface area contributed by atoms with Crippen molar-refractivity contribution in [1.82, 2.24) is 4.90 Å². The van der Waals surface area contributed by atoms with E-state index in [4.69, 9.17) is 21.2 Å². The van der Waals surface area contributed by atoms with Crippen LogP contribution in [0.2, 0.25) is 5.02 Å². The highest BCUT2D eigenvalue weighted by atomic mass is 35.5. The number of hydrogen-bond acceptors (Lipinski definition) is 5. The van der Waals surface area contributed by atoms with E-state index in [1.807, 2.05) is 0 Å². The summed E-state index contributed by atoms with van der Waals surface area (Å²) in [4.78, 5) is 18.9. The molecule has 0 aromatic heterocycles. The van der Waals surface area contributed by atoms with E-state index in [1.165, 1.54) is 0 Å². The Labute approximate surface area is 135 Å². The number of oxime groups is 1. The van der Waals surface area contributed by atoms with Gasteiger partial charge in [-0.3, -0.25) is 0 Å². The molecule has 0 bridgehead atoms. The van der Waals surface area contributed by atoms with Gasteiger partial charge in [0.05, 0.1) is 5.71 Å². The summed E-state index contributed by atoms with van der Waals surface area (Å²) in [5, 5.41) is 4.63. The average Bonchev–Trinajstić information content (AvgIpc) is 2.49. The van der Waals surface area contributed by atoms with Crippen LogP contribution in [0.4, 0.5) is 0 Å². The van der Waals surface area contributed by atoms with Gasteiger partial charge in [0.1, 0.15) is 5.75 Å². The van der Waals surface area contributed by atoms with Gasteiger partial charge < -0.3 is 14.5 Å². The molecule has 6 heteroatoms. The highest BCUT2D eigenvalue weighted by molar-refractivity contribution is 6.30. The molecule has 1 aliphatic heterocycles. The van der Waals surface area contributed by atoms with Crippen molar-refractivity contribution in [3.8, 4) is 5.75 Å². The number of carbonyl (C=O) groups is 1. The molecule has 1 aromatic rings. The van der Waals surface area contributed by atoms with E-state index in [1.54, 1.807) is 24.3 Å². The lowest BCUT2D eigenvalue weighted by molar-refractivity contribution is -0.146. The molecule has 5 nitrogen and oxygen atoms in total. The van der Waals surface area contributed by atoms with Gasteiger partial charge in [0.2, 0.25) is 0 Å². The Kier molecular flexibility index (Phi) is 5.80. The molecule has 2 atom stereocenters. The van der Waals surface area contributed by atoms with E-state index in [0.29, 0.717) is 16.8 Å². The van der Waals surface area contributed by atoms with Crippen LogP contribution in [0.3, 0.4) is 0 Å². The second-order valence-corrected chi connectivity index (χ2v) is 6.12. The minimum atomic E-state index is -0.513. The summed E-state index contributed by atoms with van der Waals surface area (Å²) in [6.07, 6.45) is 0.809. The number of rotatable bonds is 4. The lowest BCUT2D eigenvalue weighted by atomic mass is 9.93. The summed E-state index contributed by atoms with van der Waals surface area (Å²) in [6, 6.07) is 7.19. The first kappa shape index (κ1) is 16.8. The molecule has 0 N–H and O–H groups in total. The first-order valence-electron chi connectivity index (χ1n) is 7.31. The zero-order valence-electron chi connectivity index (χ0n) is 13.1. The van der Waals surface area contributed by atoms with Gasteiger partial charge >= 0.3 is 5.97 Å². The Bertz CT molecular complexity index is 545. The molecule has 120 valence electrons. The van der Waals surface area contributed by atoms with Crippen LogP contribution in [0.5, 0.6) is 5.75 Å². The van der Waals surface area contributed by atoms with Crippen LogP contribution >= 0.6 is 11.6 Å². The molecular formula is C16H21ClN2O3. The number of piperidine rings is 1. The zero-order chi connectivity index (χ0) is 16.1. The number of likely N-dealkylation sites (tertiary alicyclic amines) is 1. The van der Waals surface area contributed by atoms with Gasteiger partial charge in [0, 0.05) is 29.9 Å². The number of ether oxygens (including phenoxy) is 1. The summed E-state index contributed by atoms with van der Waals surface area (Å²) in [6.45, 7) is 4.95. The summed E-state index contributed by atoms with van der Waals surface area (Å²) in [7, 11) is 2.09. The van der Waals surface area contributed by atoms with Gasteiger partial charge in [-0.25, -0.2) is 4.79 Å². The van der Waals surface area contributed by atoms with E-state index in [9.17, 15) is 4.79 Å². The SMILES string of the molecule is C[C@@H]1CN(C)[C@H](C)C/C1=N\OC(=O)COc1ccc(Cl)cc1. The molecule has 22 heavy (non-hydrogen) atoms. The second-order valence-electron chi connectivity index (χ2n) is 5.68. The first-order valence-corrected chi connectivity index (χ1v) is 7.68. The van der Waals surface area contributed by atoms with Crippen molar-refractivity contribution in [2.75, 3.05) is 20.2 Å². The van der Waals surface area contributed by atoms with Crippen molar-refractivity contribution in [1.29, 1.82) is 0 Å². The first-order chi connectivity index (χ1) is 10.5. The molecular weight excluding hydrogens is 304 g/mol. The van der Waals surface area contributed by atoms with Gasteiger partial charge in [0.25, 0.3) is 0 Å². The third-order valence-electron chi connectivity index (χ3n) is 3.82. The Morgan fingerprint density at radius 1 is 1.36 bits per heavy atom. The van der Waals surface area contributed by atoms with E-state index in [0.717, 1.165) is 18.7 Å². The van der Waals surface area contributed by atoms with Gasteiger partial charge in [-0.15, -0.1) is 0 Å². The van der Waals surface area contributed by atoms with Gasteiger partial charge in [-0.05, 0) is 38.2 Å². The van der Waals surface area contributed by atoms with Crippen LogP contribution < -0.4 is 4.74 Å².